The van der Waals surface area contributed by atoms with Gasteiger partial charge in [-0.25, -0.2) is 0 Å². The van der Waals surface area contributed by atoms with Gasteiger partial charge >= 0.3 is 0 Å². The summed E-state index contributed by atoms with van der Waals surface area (Å²) in [7, 11) is 0. The summed E-state index contributed by atoms with van der Waals surface area (Å²) in [4.78, 5) is 67.2. The van der Waals surface area contributed by atoms with Crippen LogP contribution >= 0.6 is 0 Å². The van der Waals surface area contributed by atoms with Crippen LogP contribution in [-0.4, -0.2) is 70.3 Å². The van der Waals surface area contributed by atoms with Crippen molar-refractivity contribution in [2.24, 2.45) is 11.5 Å². The molecule has 47 heavy (non-hydrogen) atoms. The molecule has 1 heterocycles. The third-order valence-corrected chi connectivity index (χ3v) is 7.60. The number of nitrogens with two attached hydrogens (primary N) is 2. The molecule has 0 aliphatic rings. The van der Waals surface area contributed by atoms with Crippen molar-refractivity contribution in [1.29, 1.82) is 0 Å². The smallest absolute Gasteiger partial charge is 0.243 e. The minimum absolute atomic E-state index is 0.0811. The lowest BCUT2D eigenvalue weighted by molar-refractivity contribution is -0.132. The number of phenols is 1. The number of carbonyl (C=O) groups excluding carboxylic acids is 5. The van der Waals surface area contributed by atoms with Gasteiger partial charge in [0.25, 0.3) is 0 Å². The standard InChI is InChI=1S/C34H39N7O6/c1-20(39-33(46)26(35)15-22-11-13-24(42)14-12-22)32(45)38-19-30(43)40-29(17-23-18-37-27-10-6-5-9-25(23)27)34(47)41-28(31(36)44)16-21-7-3-2-4-8-21/h2-14,18,20,26,28-29,37,42H,15-17,19,35H2,1H3,(H2,36,44)(H,38,45)(H,39,46)(H,40,43)(H,41,47)/t20-,26+,28+,29+/m1/s1. The minimum Gasteiger partial charge on any atom is -0.508 e. The van der Waals surface area contributed by atoms with Crippen LogP contribution in [0.1, 0.15) is 23.6 Å². The lowest BCUT2D eigenvalue weighted by Crippen LogP contribution is -2.56. The molecular weight excluding hydrogens is 602 g/mol. The van der Waals surface area contributed by atoms with E-state index < -0.39 is 60.2 Å². The number of rotatable bonds is 15. The van der Waals surface area contributed by atoms with Gasteiger partial charge in [-0.3, -0.25) is 24.0 Å². The molecule has 246 valence electrons. The number of amides is 5. The Morgan fingerprint density at radius 2 is 1.40 bits per heavy atom. The van der Waals surface area contributed by atoms with Gasteiger partial charge in [0.15, 0.2) is 0 Å². The van der Waals surface area contributed by atoms with Crippen molar-refractivity contribution < 1.29 is 29.1 Å². The molecule has 0 radical (unpaired) electrons. The first-order valence-electron chi connectivity index (χ1n) is 15.1. The van der Waals surface area contributed by atoms with Gasteiger partial charge in [0.1, 0.15) is 23.9 Å². The van der Waals surface area contributed by atoms with E-state index >= 15 is 0 Å². The molecule has 4 aromatic rings. The molecule has 10 N–H and O–H groups in total. The molecule has 0 spiro atoms. The summed E-state index contributed by atoms with van der Waals surface area (Å²) in [6, 6.07) is 18.7. The number of nitrogens with one attached hydrogen (secondary N) is 5. The maximum absolute atomic E-state index is 13.5. The van der Waals surface area contributed by atoms with Crippen molar-refractivity contribution in [2.75, 3.05) is 6.54 Å². The molecule has 0 aliphatic heterocycles. The number of benzene rings is 3. The first-order valence-corrected chi connectivity index (χ1v) is 15.1. The average molecular weight is 642 g/mol. The number of aromatic nitrogens is 1. The van der Waals surface area contributed by atoms with Gasteiger partial charge in [-0.15, -0.1) is 0 Å². The van der Waals surface area contributed by atoms with E-state index in [0.29, 0.717) is 0 Å². The van der Waals surface area contributed by atoms with E-state index in [2.05, 4.69) is 26.3 Å². The summed E-state index contributed by atoms with van der Waals surface area (Å²) in [6.45, 7) is 0.960. The monoisotopic (exact) mass is 641 g/mol. The molecule has 0 aliphatic carbocycles. The highest BCUT2D eigenvalue weighted by atomic mass is 16.3. The summed E-state index contributed by atoms with van der Waals surface area (Å²) in [5, 5.41) is 20.6. The Hall–Kier alpha value is -5.69. The third kappa shape index (κ3) is 9.90. The Balaban J connectivity index is 1.37. The van der Waals surface area contributed by atoms with Gasteiger partial charge in [0.05, 0.1) is 12.6 Å². The lowest BCUT2D eigenvalue weighted by atomic mass is 10.0. The van der Waals surface area contributed by atoms with Gasteiger partial charge in [-0.1, -0.05) is 60.7 Å². The second-order valence-corrected chi connectivity index (χ2v) is 11.3. The first-order chi connectivity index (χ1) is 22.5. The Morgan fingerprint density at radius 3 is 2.11 bits per heavy atom. The summed E-state index contributed by atoms with van der Waals surface area (Å²) in [6.07, 6.45) is 2.17. The Morgan fingerprint density at radius 1 is 0.745 bits per heavy atom. The van der Waals surface area contributed by atoms with E-state index in [-0.39, 0.29) is 25.0 Å². The molecule has 0 saturated heterocycles. The topological polar surface area (TPSA) is 222 Å². The predicted octanol–water partition coefficient (Wildman–Crippen LogP) is 0.305. The summed E-state index contributed by atoms with van der Waals surface area (Å²) >= 11 is 0. The SMILES string of the molecule is C[C@@H](NC(=O)[C@@H](N)Cc1ccc(O)cc1)C(=O)NCC(=O)N[C@@H](Cc1c[nH]c2ccccc12)C(=O)N[C@@H](Cc1ccccc1)C(N)=O. The van der Waals surface area contributed by atoms with E-state index in [9.17, 15) is 29.1 Å². The first kappa shape index (κ1) is 34.2. The predicted molar refractivity (Wildman–Crippen MR) is 176 cm³/mol. The molecule has 0 fully saturated rings. The Labute approximate surface area is 271 Å². The van der Waals surface area contributed by atoms with Crippen LogP contribution in [0.15, 0.2) is 85.1 Å². The maximum atomic E-state index is 13.5. The second kappa shape index (κ2) is 16.0. The van der Waals surface area contributed by atoms with Crippen LogP contribution in [0.25, 0.3) is 10.9 Å². The van der Waals surface area contributed by atoms with Crippen molar-refractivity contribution in [2.45, 2.75) is 50.4 Å². The normalized spacial score (nSPS) is 13.5. The fourth-order valence-corrected chi connectivity index (χ4v) is 5.01. The van der Waals surface area contributed by atoms with Crippen LogP contribution in [0.5, 0.6) is 5.75 Å². The highest BCUT2D eigenvalue weighted by Gasteiger charge is 2.28. The zero-order valence-electron chi connectivity index (χ0n) is 25.9. The fraction of sp³-hybridized carbons (Fsp3) is 0.265. The van der Waals surface area contributed by atoms with E-state index in [0.717, 1.165) is 27.6 Å². The number of aromatic hydroxyl groups is 1. The molecule has 1 aromatic heterocycles. The molecule has 13 heteroatoms. The fourth-order valence-electron chi connectivity index (χ4n) is 5.01. The molecule has 3 aromatic carbocycles. The van der Waals surface area contributed by atoms with Crippen LogP contribution in [0.4, 0.5) is 0 Å². The van der Waals surface area contributed by atoms with Crippen molar-refractivity contribution in [1.82, 2.24) is 26.3 Å². The summed E-state index contributed by atoms with van der Waals surface area (Å²) in [5.74, 6) is -3.15. The van der Waals surface area contributed by atoms with E-state index in [1.54, 1.807) is 18.3 Å². The highest BCUT2D eigenvalue weighted by Crippen LogP contribution is 2.19. The largest absolute Gasteiger partial charge is 0.508 e. The number of hydrogen-bond acceptors (Lipinski definition) is 7. The average Bonchev–Trinajstić information content (AvgIpc) is 3.47. The van der Waals surface area contributed by atoms with Crippen molar-refractivity contribution >= 4 is 40.4 Å². The number of phenolic OH excluding ortho intramolecular Hbond substituents is 1. The number of carbonyl (C=O) groups is 5. The number of para-hydroxylation sites is 1. The lowest BCUT2D eigenvalue weighted by Gasteiger charge is -2.22. The quantitative estimate of drug-likeness (QED) is 0.0906. The molecule has 0 unspecified atom stereocenters. The molecule has 4 atom stereocenters. The minimum atomic E-state index is -1.12. The van der Waals surface area contributed by atoms with Crippen LogP contribution in [0, 0.1) is 0 Å². The second-order valence-electron chi connectivity index (χ2n) is 11.3. The molecule has 0 saturated carbocycles. The van der Waals surface area contributed by atoms with Gasteiger partial charge in [0.2, 0.25) is 29.5 Å². The van der Waals surface area contributed by atoms with Gasteiger partial charge in [0, 0.05) is 29.9 Å². The molecule has 5 amide bonds. The van der Waals surface area contributed by atoms with Crippen LogP contribution in [0.3, 0.4) is 0 Å². The zero-order valence-corrected chi connectivity index (χ0v) is 25.9. The Bertz CT molecular complexity index is 1710. The van der Waals surface area contributed by atoms with Gasteiger partial charge < -0.3 is 42.8 Å². The van der Waals surface area contributed by atoms with Crippen LogP contribution < -0.4 is 32.7 Å². The molecule has 0 bridgehead atoms. The van der Waals surface area contributed by atoms with E-state index in [1.165, 1.54) is 19.1 Å². The molecular formula is C34H39N7O6. The van der Waals surface area contributed by atoms with E-state index in [4.69, 9.17) is 11.5 Å². The Kier molecular flexibility index (Phi) is 11.7. The van der Waals surface area contributed by atoms with Crippen LogP contribution in [0.2, 0.25) is 0 Å². The van der Waals surface area contributed by atoms with E-state index in [1.807, 2.05) is 54.6 Å². The summed E-state index contributed by atoms with van der Waals surface area (Å²) < 4.78 is 0. The summed E-state index contributed by atoms with van der Waals surface area (Å²) in [5.41, 5.74) is 14.7. The van der Waals surface area contributed by atoms with Crippen LogP contribution in [-0.2, 0) is 43.2 Å². The number of H-pyrrole nitrogens is 1. The maximum Gasteiger partial charge on any atom is 0.243 e. The zero-order chi connectivity index (χ0) is 33.9. The number of fused-ring (bicyclic) bond motifs is 1. The molecule has 4 rings (SSSR count). The number of primary amides is 1. The third-order valence-electron chi connectivity index (χ3n) is 7.60. The van der Waals surface area contributed by atoms with Crippen molar-refractivity contribution in [3.8, 4) is 5.75 Å². The number of aromatic amines is 1. The van der Waals surface area contributed by atoms with Gasteiger partial charge in [-0.2, -0.15) is 0 Å². The van der Waals surface area contributed by atoms with Crippen molar-refractivity contribution in [3.63, 3.8) is 0 Å². The highest BCUT2D eigenvalue weighted by molar-refractivity contribution is 5.95. The van der Waals surface area contributed by atoms with Gasteiger partial charge in [-0.05, 0) is 48.2 Å². The molecule has 13 nitrogen and oxygen atoms in total. The van der Waals surface area contributed by atoms with Crippen molar-refractivity contribution in [3.05, 3.63) is 102 Å². The number of hydrogen-bond donors (Lipinski definition) is 8.